The first-order valence-electron chi connectivity index (χ1n) is 8.71. The van der Waals surface area contributed by atoms with Gasteiger partial charge in [-0.1, -0.05) is 12.1 Å². The Morgan fingerprint density at radius 1 is 1.15 bits per heavy atom. The number of amides is 1. The Hall–Kier alpha value is -1.65. The van der Waals surface area contributed by atoms with E-state index in [1.54, 1.807) is 19.2 Å². The van der Waals surface area contributed by atoms with Crippen LogP contribution in [0.25, 0.3) is 0 Å². The second-order valence-electron chi connectivity index (χ2n) is 6.49. The molecule has 0 spiro atoms. The Labute approximate surface area is 160 Å². The molecule has 1 aromatic rings. The molecule has 1 N–H and O–H groups in total. The average Bonchev–Trinajstić information content (AvgIpc) is 2.66. The van der Waals surface area contributed by atoms with Crippen molar-refractivity contribution in [1.29, 1.82) is 0 Å². The minimum atomic E-state index is -3.57. The third-order valence-corrected chi connectivity index (χ3v) is 8.74. The zero-order valence-corrected chi connectivity index (χ0v) is 17.2. The summed E-state index contributed by atoms with van der Waals surface area (Å²) in [5.41, 5.74) is 0.891. The fourth-order valence-corrected chi connectivity index (χ4v) is 6.20. The molecule has 2 rings (SSSR count). The number of carbonyl (C=O) groups excluding carboxylic acids is 1. The summed E-state index contributed by atoms with van der Waals surface area (Å²) in [6, 6.07) is 7.22. The predicted molar refractivity (Wildman–Crippen MR) is 103 cm³/mol. The molecule has 0 aromatic heterocycles. The van der Waals surface area contributed by atoms with Crippen LogP contribution >= 0.6 is 0 Å². The quantitative estimate of drug-likeness (QED) is 0.646. The molecular formula is C17H26N2O6S2. The highest BCUT2D eigenvalue weighted by atomic mass is 32.2. The van der Waals surface area contributed by atoms with Gasteiger partial charge in [-0.15, -0.1) is 0 Å². The minimum absolute atomic E-state index is 0.0328. The van der Waals surface area contributed by atoms with Gasteiger partial charge in [0.15, 0.2) is 9.84 Å². The van der Waals surface area contributed by atoms with Crippen molar-refractivity contribution in [2.24, 2.45) is 0 Å². The summed E-state index contributed by atoms with van der Waals surface area (Å²) in [7, 11) is -4.08. The number of nitrogens with one attached hydrogen (secondary N) is 1. The van der Waals surface area contributed by atoms with Crippen molar-refractivity contribution < 1.29 is 26.4 Å². The van der Waals surface area contributed by atoms with Crippen molar-refractivity contribution in [3.63, 3.8) is 0 Å². The first-order valence-corrected chi connectivity index (χ1v) is 12.0. The number of piperidine rings is 1. The van der Waals surface area contributed by atoms with Gasteiger partial charge in [-0.2, -0.15) is 0 Å². The predicted octanol–water partition coefficient (Wildman–Crippen LogP) is 0.193. The average molecular weight is 419 g/mol. The Morgan fingerprint density at radius 2 is 1.74 bits per heavy atom. The highest BCUT2D eigenvalue weighted by Crippen LogP contribution is 2.21. The topological polar surface area (TPSA) is 110 Å². The number of nitrogens with zero attached hydrogens (tertiary/aromatic N) is 1. The van der Waals surface area contributed by atoms with Gasteiger partial charge in [-0.05, 0) is 37.0 Å². The van der Waals surface area contributed by atoms with Gasteiger partial charge in [0.1, 0.15) is 11.5 Å². The van der Waals surface area contributed by atoms with E-state index in [0.29, 0.717) is 12.2 Å². The Morgan fingerprint density at radius 3 is 2.26 bits per heavy atom. The SMILES string of the molecule is CNC(=O)CS(=O)(=O)C1CCN(S(=O)(=O)CCc2ccc(OC)cc2)CC1. The molecule has 0 unspecified atom stereocenters. The van der Waals surface area contributed by atoms with Gasteiger partial charge in [0, 0.05) is 20.1 Å². The summed E-state index contributed by atoms with van der Waals surface area (Å²) in [5, 5.41) is 1.62. The molecule has 0 saturated carbocycles. The highest BCUT2D eigenvalue weighted by Gasteiger charge is 2.34. The van der Waals surface area contributed by atoms with E-state index in [9.17, 15) is 21.6 Å². The summed E-state index contributed by atoms with van der Waals surface area (Å²) in [6.07, 6.45) is 0.795. The van der Waals surface area contributed by atoms with Gasteiger partial charge in [-0.3, -0.25) is 4.79 Å². The number of ether oxygens (including phenoxy) is 1. The van der Waals surface area contributed by atoms with E-state index >= 15 is 0 Å². The molecule has 1 saturated heterocycles. The fraction of sp³-hybridized carbons (Fsp3) is 0.588. The standard InChI is InChI=1S/C17H26N2O6S2/c1-18-17(20)13-26(21,22)16-7-10-19(11-8-16)27(23,24)12-9-14-3-5-15(25-2)6-4-14/h3-6,16H,7-13H2,1-2H3,(H,18,20). The van der Waals surface area contributed by atoms with E-state index in [4.69, 9.17) is 4.74 Å². The zero-order valence-electron chi connectivity index (χ0n) is 15.5. The van der Waals surface area contributed by atoms with Crippen LogP contribution < -0.4 is 10.1 Å². The number of methoxy groups -OCH3 is 1. The maximum absolute atomic E-state index is 12.6. The third-order valence-electron chi connectivity index (χ3n) is 4.72. The van der Waals surface area contributed by atoms with Crippen LogP contribution in [0.4, 0.5) is 0 Å². The number of hydrogen-bond acceptors (Lipinski definition) is 6. The lowest BCUT2D eigenvalue weighted by Crippen LogP contribution is -2.45. The van der Waals surface area contributed by atoms with Gasteiger partial charge < -0.3 is 10.1 Å². The van der Waals surface area contributed by atoms with Crippen molar-refractivity contribution in [2.45, 2.75) is 24.5 Å². The molecule has 27 heavy (non-hydrogen) atoms. The molecule has 0 atom stereocenters. The van der Waals surface area contributed by atoms with Crippen molar-refractivity contribution in [3.8, 4) is 5.75 Å². The number of benzene rings is 1. The molecule has 0 aliphatic carbocycles. The zero-order chi connectivity index (χ0) is 20.1. The molecule has 0 radical (unpaired) electrons. The smallest absolute Gasteiger partial charge is 0.234 e. The Bertz CT molecular complexity index is 842. The van der Waals surface area contributed by atoms with Gasteiger partial charge in [-0.25, -0.2) is 21.1 Å². The number of rotatable bonds is 8. The number of carbonyl (C=O) groups is 1. The molecule has 1 aliphatic heterocycles. The highest BCUT2D eigenvalue weighted by molar-refractivity contribution is 7.92. The minimum Gasteiger partial charge on any atom is -0.497 e. The van der Waals surface area contributed by atoms with E-state index in [0.717, 1.165) is 5.56 Å². The van der Waals surface area contributed by atoms with Crippen molar-refractivity contribution in [3.05, 3.63) is 29.8 Å². The summed E-state index contributed by atoms with van der Waals surface area (Å²) >= 11 is 0. The molecule has 1 aliphatic rings. The molecule has 8 nitrogen and oxygen atoms in total. The van der Waals surface area contributed by atoms with E-state index in [2.05, 4.69) is 5.32 Å². The molecule has 0 bridgehead atoms. The van der Waals surface area contributed by atoms with Gasteiger partial charge in [0.25, 0.3) is 0 Å². The van der Waals surface area contributed by atoms with Crippen LogP contribution in [0.3, 0.4) is 0 Å². The van der Waals surface area contributed by atoms with Crippen LogP contribution in [0.2, 0.25) is 0 Å². The second-order valence-corrected chi connectivity index (χ2v) is 10.9. The number of aryl methyl sites for hydroxylation is 1. The lowest BCUT2D eigenvalue weighted by Gasteiger charge is -2.30. The van der Waals surface area contributed by atoms with Gasteiger partial charge in [0.2, 0.25) is 15.9 Å². The van der Waals surface area contributed by atoms with Crippen LogP contribution in [0.15, 0.2) is 24.3 Å². The number of hydrogen-bond donors (Lipinski definition) is 1. The van der Waals surface area contributed by atoms with E-state index in [1.165, 1.54) is 11.4 Å². The second kappa shape index (κ2) is 9.03. The van der Waals surface area contributed by atoms with Gasteiger partial charge >= 0.3 is 0 Å². The third kappa shape index (κ3) is 5.91. The Balaban J connectivity index is 1.90. The van der Waals surface area contributed by atoms with Crippen molar-refractivity contribution in [1.82, 2.24) is 9.62 Å². The van der Waals surface area contributed by atoms with Crippen LogP contribution in [-0.2, 0) is 31.1 Å². The van der Waals surface area contributed by atoms with Crippen molar-refractivity contribution in [2.75, 3.05) is 38.8 Å². The molecule has 1 heterocycles. The van der Waals surface area contributed by atoms with E-state index in [1.807, 2.05) is 12.1 Å². The number of sulfonamides is 1. The molecule has 152 valence electrons. The van der Waals surface area contributed by atoms with Crippen LogP contribution in [0, 0.1) is 0 Å². The summed E-state index contributed by atoms with van der Waals surface area (Å²) in [5.74, 6) is -0.431. The monoisotopic (exact) mass is 418 g/mol. The van der Waals surface area contributed by atoms with Crippen LogP contribution in [0.5, 0.6) is 5.75 Å². The first kappa shape index (κ1) is 21.6. The van der Waals surface area contributed by atoms with E-state index in [-0.39, 0.29) is 31.7 Å². The van der Waals surface area contributed by atoms with Crippen molar-refractivity contribution >= 4 is 25.8 Å². The molecule has 1 amide bonds. The first-order chi connectivity index (χ1) is 12.7. The summed E-state index contributed by atoms with van der Waals surface area (Å²) in [6.45, 7) is 0.311. The normalized spacial score (nSPS) is 16.8. The summed E-state index contributed by atoms with van der Waals surface area (Å²) in [4.78, 5) is 11.3. The summed E-state index contributed by atoms with van der Waals surface area (Å²) < 4.78 is 56.0. The molecule has 1 aromatic carbocycles. The Kier molecular flexibility index (Phi) is 7.24. The largest absolute Gasteiger partial charge is 0.497 e. The number of sulfone groups is 1. The lowest BCUT2D eigenvalue weighted by molar-refractivity contribution is -0.118. The maximum atomic E-state index is 12.6. The lowest BCUT2D eigenvalue weighted by atomic mass is 10.2. The molecule has 1 fully saturated rings. The van der Waals surface area contributed by atoms with E-state index < -0.39 is 36.8 Å². The van der Waals surface area contributed by atoms with Gasteiger partial charge in [0.05, 0.1) is 18.1 Å². The molecule has 10 heteroatoms. The maximum Gasteiger partial charge on any atom is 0.234 e. The van der Waals surface area contributed by atoms with Crippen LogP contribution in [0.1, 0.15) is 18.4 Å². The van der Waals surface area contributed by atoms with Crippen LogP contribution in [-0.4, -0.2) is 71.1 Å². The molecular weight excluding hydrogens is 392 g/mol. The fourth-order valence-electron chi connectivity index (χ4n) is 3.01.